The minimum Gasteiger partial charge on any atom is -0.494 e. The number of rotatable bonds is 7. The average Bonchev–Trinajstić information content (AvgIpc) is 2.41. The van der Waals surface area contributed by atoms with E-state index in [4.69, 9.17) is 9.84 Å². The normalized spacial score (nSPS) is 12.1. The van der Waals surface area contributed by atoms with Crippen LogP contribution in [0.4, 0.5) is 10.5 Å². The van der Waals surface area contributed by atoms with Gasteiger partial charge in [-0.15, -0.1) is 0 Å². The summed E-state index contributed by atoms with van der Waals surface area (Å²) in [5.74, 6) is 1.09. The van der Waals surface area contributed by atoms with Gasteiger partial charge in [-0.3, -0.25) is 0 Å². The lowest BCUT2D eigenvalue weighted by Crippen LogP contribution is -2.41. The quantitative estimate of drug-likeness (QED) is 0.724. The van der Waals surface area contributed by atoms with Crippen molar-refractivity contribution in [2.45, 2.75) is 40.2 Å². The molecule has 1 rings (SSSR count). The highest BCUT2D eigenvalue weighted by molar-refractivity contribution is 5.89. The Hall–Kier alpha value is -1.75. The van der Waals surface area contributed by atoms with E-state index in [-0.39, 0.29) is 24.6 Å². The molecule has 5 nitrogen and oxygen atoms in total. The number of amides is 2. The average molecular weight is 294 g/mol. The standard InChI is InChI=1S/C16H26N2O3/c1-5-21-15-7-6-13(10-12(15)4)17-16(20)18-14(8-9-19)11(2)3/h6-7,10-11,14,19H,5,8-9H2,1-4H3,(H2,17,18,20). The highest BCUT2D eigenvalue weighted by Crippen LogP contribution is 2.21. The van der Waals surface area contributed by atoms with Gasteiger partial charge in [-0.1, -0.05) is 13.8 Å². The highest BCUT2D eigenvalue weighted by atomic mass is 16.5. The largest absolute Gasteiger partial charge is 0.494 e. The van der Waals surface area contributed by atoms with Crippen molar-refractivity contribution in [2.75, 3.05) is 18.5 Å². The maximum absolute atomic E-state index is 12.0. The van der Waals surface area contributed by atoms with E-state index in [0.717, 1.165) is 17.0 Å². The zero-order chi connectivity index (χ0) is 15.8. The molecule has 1 aromatic rings. The number of carbonyl (C=O) groups is 1. The minimum atomic E-state index is -0.259. The first-order valence-corrected chi connectivity index (χ1v) is 7.39. The Balaban J connectivity index is 2.63. The van der Waals surface area contributed by atoms with Gasteiger partial charge in [0.25, 0.3) is 0 Å². The zero-order valence-electron chi connectivity index (χ0n) is 13.3. The molecule has 1 atom stereocenters. The molecular weight excluding hydrogens is 268 g/mol. The number of ether oxygens (including phenoxy) is 1. The first kappa shape index (κ1) is 17.3. The van der Waals surface area contributed by atoms with Crippen LogP contribution in [0.3, 0.4) is 0 Å². The van der Waals surface area contributed by atoms with Gasteiger partial charge in [-0.2, -0.15) is 0 Å². The van der Waals surface area contributed by atoms with Crippen molar-refractivity contribution < 1.29 is 14.6 Å². The molecule has 0 aliphatic heterocycles. The number of aliphatic hydroxyl groups is 1. The Morgan fingerprint density at radius 3 is 2.62 bits per heavy atom. The first-order valence-electron chi connectivity index (χ1n) is 7.39. The van der Waals surface area contributed by atoms with E-state index in [0.29, 0.717) is 13.0 Å². The van der Waals surface area contributed by atoms with E-state index in [2.05, 4.69) is 10.6 Å². The molecule has 1 unspecified atom stereocenters. The Labute approximate surface area is 126 Å². The smallest absolute Gasteiger partial charge is 0.319 e. The fourth-order valence-corrected chi connectivity index (χ4v) is 2.09. The van der Waals surface area contributed by atoms with Crippen molar-refractivity contribution in [2.24, 2.45) is 5.92 Å². The lowest BCUT2D eigenvalue weighted by molar-refractivity contribution is 0.227. The maximum atomic E-state index is 12.0. The fraction of sp³-hybridized carbons (Fsp3) is 0.562. The van der Waals surface area contributed by atoms with Crippen molar-refractivity contribution in [1.82, 2.24) is 5.32 Å². The number of urea groups is 1. The van der Waals surface area contributed by atoms with Gasteiger partial charge >= 0.3 is 6.03 Å². The third-order valence-corrected chi connectivity index (χ3v) is 3.29. The molecule has 0 aliphatic carbocycles. The fourth-order valence-electron chi connectivity index (χ4n) is 2.09. The third kappa shape index (κ3) is 5.63. The van der Waals surface area contributed by atoms with Crippen LogP contribution in [0.1, 0.15) is 32.8 Å². The zero-order valence-corrected chi connectivity index (χ0v) is 13.3. The Bertz CT molecular complexity index is 461. The molecule has 0 fully saturated rings. The monoisotopic (exact) mass is 294 g/mol. The predicted molar refractivity (Wildman–Crippen MR) is 84.8 cm³/mol. The summed E-state index contributed by atoms with van der Waals surface area (Å²) in [4.78, 5) is 12.0. The van der Waals surface area contributed by atoms with Gasteiger partial charge in [-0.25, -0.2) is 4.79 Å². The van der Waals surface area contributed by atoms with Gasteiger partial charge in [0.15, 0.2) is 0 Å². The molecule has 0 saturated heterocycles. The number of aryl methyl sites for hydroxylation is 1. The summed E-state index contributed by atoms with van der Waals surface area (Å²) in [6.07, 6.45) is 0.549. The molecule has 0 aliphatic rings. The lowest BCUT2D eigenvalue weighted by atomic mass is 10.0. The van der Waals surface area contributed by atoms with Crippen molar-refractivity contribution >= 4 is 11.7 Å². The van der Waals surface area contributed by atoms with E-state index < -0.39 is 0 Å². The Morgan fingerprint density at radius 1 is 1.38 bits per heavy atom. The number of benzene rings is 1. The van der Waals surface area contributed by atoms with Crippen LogP contribution in [0.2, 0.25) is 0 Å². The molecule has 118 valence electrons. The SMILES string of the molecule is CCOc1ccc(NC(=O)NC(CCO)C(C)C)cc1C. The number of anilines is 1. The van der Waals surface area contributed by atoms with Crippen LogP contribution >= 0.6 is 0 Å². The summed E-state index contributed by atoms with van der Waals surface area (Å²) in [6.45, 7) is 8.59. The molecule has 0 bridgehead atoms. The van der Waals surface area contributed by atoms with Gasteiger partial charge in [0.2, 0.25) is 0 Å². The second-order valence-electron chi connectivity index (χ2n) is 5.37. The van der Waals surface area contributed by atoms with E-state index in [9.17, 15) is 4.79 Å². The minimum absolute atomic E-state index is 0.0428. The molecule has 21 heavy (non-hydrogen) atoms. The molecule has 2 amide bonds. The van der Waals surface area contributed by atoms with Crippen LogP contribution in [0, 0.1) is 12.8 Å². The number of hydrogen-bond acceptors (Lipinski definition) is 3. The van der Waals surface area contributed by atoms with Crippen molar-refractivity contribution in [1.29, 1.82) is 0 Å². The van der Waals surface area contributed by atoms with E-state index in [1.54, 1.807) is 0 Å². The topological polar surface area (TPSA) is 70.6 Å². The molecule has 0 aromatic heterocycles. The van der Waals surface area contributed by atoms with Gasteiger partial charge in [-0.05, 0) is 49.9 Å². The van der Waals surface area contributed by atoms with Crippen molar-refractivity contribution in [3.8, 4) is 5.75 Å². The van der Waals surface area contributed by atoms with Crippen molar-refractivity contribution in [3.05, 3.63) is 23.8 Å². The van der Waals surface area contributed by atoms with Crippen LogP contribution in [0.25, 0.3) is 0 Å². The predicted octanol–water partition coefficient (Wildman–Crippen LogP) is 2.92. The van der Waals surface area contributed by atoms with Crippen LogP contribution in [-0.4, -0.2) is 30.4 Å². The van der Waals surface area contributed by atoms with Gasteiger partial charge < -0.3 is 20.5 Å². The van der Waals surface area contributed by atoms with E-state index >= 15 is 0 Å². The molecule has 3 N–H and O–H groups in total. The van der Waals surface area contributed by atoms with Gasteiger partial charge in [0.1, 0.15) is 5.75 Å². The van der Waals surface area contributed by atoms with Gasteiger partial charge in [0, 0.05) is 18.3 Å². The third-order valence-electron chi connectivity index (χ3n) is 3.29. The second-order valence-corrected chi connectivity index (χ2v) is 5.37. The summed E-state index contributed by atoms with van der Waals surface area (Å²) in [5, 5.41) is 14.7. The highest BCUT2D eigenvalue weighted by Gasteiger charge is 2.15. The second kappa shape index (κ2) is 8.52. The summed E-state index contributed by atoms with van der Waals surface area (Å²) < 4.78 is 5.47. The number of hydrogen-bond donors (Lipinski definition) is 3. The van der Waals surface area contributed by atoms with Crippen LogP contribution in [0.15, 0.2) is 18.2 Å². The molecule has 0 saturated carbocycles. The van der Waals surface area contributed by atoms with Crippen molar-refractivity contribution in [3.63, 3.8) is 0 Å². The lowest BCUT2D eigenvalue weighted by Gasteiger charge is -2.21. The van der Waals surface area contributed by atoms with Crippen LogP contribution in [-0.2, 0) is 0 Å². The Morgan fingerprint density at radius 2 is 2.10 bits per heavy atom. The summed E-state index contributed by atoms with van der Waals surface area (Å²) in [6, 6.07) is 5.24. The van der Waals surface area contributed by atoms with Crippen LogP contribution in [0.5, 0.6) is 5.75 Å². The molecule has 5 heteroatoms. The van der Waals surface area contributed by atoms with E-state index in [1.165, 1.54) is 0 Å². The van der Waals surface area contributed by atoms with E-state index in [1.807, 2.05) is 45.9 Å². The molecule has 0 spiro atoms. The summed E-state index contributed by atoms with van der Waals surface area (Å²) in [7, 11) is 0. The Kier molecular flexibility index (Phi) is 7.02. The molecule has 0 radical (unpaired) electrons. The number of aliphatic hydroxyl groups excluding tert-OH is 1. The first-order chi connectivity index (χ1) is 9.97. The number of carbonyl (C=O) groups excluding carboxylic acids is 1. The molecule has 0 heterocycles. The van der Waals surface area contributed by atoms with Gasteiger partial charge in [0.05, 0.1) is 6.61 Å². The molecule has 1 aromatic carbocycles. The summed E-state index contributed by atoms with van der Waals surface area (Å²) >= 11 is 0. The maximum Gasteiger partial charge on any atom is 0.319 e. The summed E-state index contributed by atoms with van der Waals surface area (Å²) in [5.41, 5.74) is 1.70. The molecular formula is C16H26N2O3. The number of nitrogens with one attached hydrogen (secondary N) is 2. The van der Waals surface area contributed by atoms with Crippen LogP contribution < -0.4 is 15.4 Å².